The number of esters is 2. The molecular weight excluding hydrogens is 601 g/mol. The minimum absolute atomic E-state index is 0.00339. The van der Waals surface area contributed by atoms with E-state index in [1.54, 1.807) is 17.6 Å². The quantitative estimate of drug-likeness (QED) is 0.0960. The zero-order chi connectivity index (χ0) is 33.8. The number of carbonyl (C=O) groups is 2. The third kappa shape index (κ3) is 7.60. The third-order valence-corrected chi connectivity index (χ3v) is 7.53. The highest BCUT2D eigenvalue weighted by Crippen LogP contribution is 2.38. The van der Waals surface area contributed by atoms with Gasteiger partial charge in [0.25, 0.3) is 0 Å². The largest absolute Gasteiger partial charge is 0.519 e. The molecular formula is C32H36FN5O8. The Morgan fingerprint density at radius 1 is 1.17 bits per heavy atom. The van der Waals surface area contributed by atoms with E-state index in [1.807, 2.05) is 33.8 Å². The lowest BCUT2D eigenvalue weighted by atomic mass is 9.78. The molecule has 1 atom stereocenters. The second-order valence-corrected chi connectivity index (χ2v) is 11.6. The number of aromatic nitrogens is 4. The van der Waals surface area contributed by atoms with Crippen LogP contribution in [0.25, 0.3) is 11.2 Å². The van der Waals surface area contributed by atoms with E-state index >= 15 is 0 Å². The molecule has 0 bridgehead atoms. The number of benzene rings is 1. The number of aryl methyl sites for hydroxylation is 4. The molecule has 14 heteroatoms. The van der Waals surface area contributed by atoms with Crippen LogP contribution in [-0.4, -0.2) is 50.8 Å². The number of methoxy groups -OCH3 is 1. The number of ether oxygens (including phenoxy) is 3. The average Bonchev–Trinajstić information content (AvgIpc) is 3.52. The number of imidazole rings is 1. The molecule has 4 rings (SSSR count). The Morgan fingerprint density at radius 2 is 1.91 bits per heavy atom. The lowest BCUT2D eigenvalue weighted by Gasteiger charge is -2.30. The molecule has 0 aliphatic heterocycles. The molecule has 13 nitrogen and oxygen atoms in total. The average molecular weight is 638 g/mol. The third-order valence-electron chi connectivity index (χ3n) is 7.53. The van der Waals surface area contributed by atoms with Gasteiger partial charge in [0.05, 0.1) is 19.3 Å². The van der Waals surface area contributed by atoms with Crippen molar-refractivity contribution in [2.45, 2.75) is 78.5 Å². The predicted octanol–water partition coefficient (Wildman–Crippen LogP) is 4.29. The molecule has 0 aliphatic rings. The van der Waals surface area contributed by atoms with Crippen LogP contribution in [0.3, 0.4) is 0 Å². The number of hydrogen-bond acceptors (Lipinski definition) is 12. The highest BCUT2D eigenvalue weighted by atomic mass is 19.1. The Bertz CT molecular complexity index is 1870. The fourth-order valence-electron chi connectivity index (χ4n) is 5.34. The first-order valence-corrected chi connectivity index (χ1v) is 14.4. The van der Waals surface area contributed by atoms with Crippen molar-refractivity contribution in [2.24, 2.45) is 0 Å². The Morgan fingerprint density at radius 3 is 2.54 bits per heavy atom. The number of halogens is 1. The molecule has 1 N–H and O–H groups in total. The topological polar surface area (TPSA) is 161 Å². The van der Waals surface area contributed by atoms with E-state index in [0.717, 1.165) is 16.7 Å². The van der Waals surface area contributed by atoms with Crippen LogP contribution < -0.4 is 15.9 Å². The van der Waals surface area contributed by atoms with E-state index in [4.69, 9.17) is 29.5 Å². The lowest BCUT2D eigenvalue weighted by Crippen LogP contribution is -2.38. The monoisotopic (exact) mass is 637 g/mol. The minimum Gasteiger partial charge on any atom is -0.461 e. The Hall–Kier alpha value is -5.03. The summed E-state index contributed by atoms with van der Waals surface area (Å²) in [6.07, 6.45) is 6.42. The van der Waals surface area contributed by atoms with Gasteiger partial charge in [-0.1, -0.05) is 25.8 Å². The van der Waals surface area contributed by atoms with E-state index in [9.17, 15) is 18.8 Å². The first kappa shape index (κ1) is 33.9. The van der Waals surface area contributed by atoms with Gasteiger partial charge < -0.3 is 32.9 Å². The molecule has 0 fully saturated rings. The smallest absolute Gasteiger partial charge is 0.461 e. The molecule has 244 valence electrons. The molecule has 0 amide bonds. The van der Waals surface area contributed by atoms with Gasteiger partial charge in [-0.15, -0.1) is 6.42 Å². The second kappa shape index (κ2) is 13.5. The maximum atomic E-state index is 14.4. The van der Waals surface area contributed by atoms with Crippen molar-refractivity contribution in [2.75, 3.05) is 19.0 Å². The van der Waals surface area contributed by atoms with Gasteiger partial charge in [0.1, 0.15) is 18.1 Å². The number of hydrogen-bond donors (Lipinski definition) is 1. The van der Waals surface area contributed by atoms with E-state index in [-0.39, 0.29) is 61.0 Å². The number of terminal acetylenes is 1. The summed E-state index contributed by atoms with van der Waals surface area (Å²) >= 11 is 0. The maximum absolute atomic E-state index is 14.4. The minimum atomic E-state index is -1.32. The van der Waals surface area contributed by atoms with E-state index in [2.05, 4.69) is 26.2 Å². The lowest BCUT2D eigenvalue weighted by molar-refractivity contribution is -0.151. The number of anilines is 1. The first-order valence-electron chi connectivity index (χ1n) is 14.4. The van der Waals surface area contributed by atoms with Gasteiger partial charge >= 0.3 is 23.8 Å². The molecule has 0 saturated carbocycles. The molecule has 4 aromatic rings. The van der Waals surface area contributed by atoms with Gasteiger partial charge in [-0.25, -0.2) is 9.78 Å². The van der Waals surface area contributed by atoms with Crippen LogP contribution in [0.15, 0.2) is 32.1 Å². The summed E-state index contributed by atoms with van der Waals surface area (Å²) < 4.78 is 42.6. The van der Waals surface area contributed by atoms with Crippen LogP contribution in [0.4, 0.5) is 10.2 Å². The van der Waals surface area contributed by atoms with Gasteiger partial charge in [-0.05, 0) is 38.0 Å². The van der Waals surface area contributed by atoms with Crippen LogP contribution in [0.1, 0.15) is 61.8 Å². The highest BCUT2D eigenvalue weighted by Gasteiger charge is 2.34. The van der Waals surface area contributed by atoms with Crippen LogP contribution in [0.5, 0.6) is 5.75 Å². The Balaban J connectivity index is 1.45. The summed E-state index contributed by atoms with van der Waals surface area (Å²) in [5, 5.41) is 2.89. The van der Waals surface area contributed by atoms with Crippen LogP contribution in [0.2, 0.25) is 0 Å². The van der Waals surface area contributed by atoms with Gasteiger partial charge in [-0.2, -0.15) is 14.4 Å². The van der Waals surface area contributed by atoms with Crippen LogP contribution in [0, 0.1) is 39.2 Å². The SMILES string of the molecule is C#CC(CCn1cnc2c(NCc3oc(=O)oc3C)nc(F)nc21)(COC(=O)CC(C)(C)c1c(C)cc(C)cc1OC(C)=O)OC. The van der Waals surface area contributed by atoms with Crippen molar-refractivity contribution >= 4 is 28.9 Å². The van der Waals surface area contributed by atoms with E-state index in [0.29, 0.717) is 5.75 Å². The van der Waals surface area contributed by atoms with Gasteiger partial charge in [0, 0.05) is 38.0 Å². The second-order valence-electron chi connectivity index (χ2n) is 11.6. The fourth-order valence-corrected chi connectivity index (χ4v) is 5.34. The molecule has 3 aromatic heterocycles. The van der Waals surface area contributed by atoms with Crippen molar-refractivity contribution < 1.29 is 37.0 Å². The maximum Gasteiger partial charge on any atom is 0.519 e. The molecule has 3 heterocycles. The van der Waals surface area contributed by atoms with Crippen molar-refractivity contribution in [3.05, 3.63) is 63.4 Å². The summed E-state index contributed by atoms with van der Waals surface area (Å²) in [6, 6.07) is 3.72. The summed E-state index contributed by atoms with van der Waals surface area (Å²) in [5.41, 5.74) is 0.889. The molecule has 0 aliphatic carbocycles. The number of fused-ring (bicyclic) bond motifs is 1. The molecule has 0 radical (unpaired) electrons. The molecule has 1 aromatic carbocycles. The van der Waals surface area contributed by atoms with E-state index in [1.165, 1.54) is 20.4 Å². The standard InChI is InChI=1S/C32H36FN5O8/c1-9-32(42-8,16-43-24(40)14-31(6,7)25-19(3)12-18(2)13-22(25)45-21(5)39)10-11-38-17-35-26-27(36-29(33)37-28(26)38)34-15-23-20(4)44-30(41)46-23/h1,12-13,17H,10-11,14-16H2,2-8H3,(H,34,36,37). The summed E-state index contributed by atoms with van der Waals surface area (Å²) in [6.45, 7) is 10.3. The van der Waals surface area contributed by atoms with Crippen molar-refractivity contribution in [1.82, 2.24) is 19.5 Å². The first-order chi connectivity index (χ1) is 21.7. The number of rotatable bonds is 13. The Kier molecular flexibility index (Phi) is 9.96. The zero-order valence-electron chi connectivity index (χ0n) is 26.8. The molecule has 0 saturated heterocycles. The summed E-state index contributed by atoms with van der Waals surface area (Å²) in [7, 11) is 1.41. The van der Waals surface area contributed by atoms with E-state index < -0.39 is 34.9 Å². The van der Waals surface area contributed by atoms with Crippen molar-refractivity contribution in [3.8, 4) is 18.1 Å². The zero-order valence-corrected chi connectivity index (χ0v) is 26.8. The van der Waals surface area contributed by atoms with Gasteiger partial charge in [0.2, 0.25) is 0 Å². The van der Waals surface area contributed by atoms with Crippen molar-refractivity contribution in [1.29, 1.82) is 0 Å². The van der Waals surface area contributed by atoms with Gasteiger partial charge in [-0.3, -0.25) is 9.59 Å². The summed E-state index contributed by atoms with van der Waals surface area (Å²) in [4.78, 5) is 48.2. The number of nitrogens with one attached hydrogen (secondary N) is 1. The predicted molar refractivity (Wildman–Crippen MR) is 164 cm³/mol. The number of carbonyl (C=O) groups excluding carboxylic acids is 2. The molecule has 0 spiro atoms. The van der Waals surface area contributed by atoms with Crippen molar-refractivity contribution in [3.63, 3.8) is 0 Å². The fraction of sp³-hybridized carbons (Fsp3) is 0.438. The van der Waals surface area contributed by atoms with Gasteiger partial charge in [0.15, 0.2) is 28.3 Å². The normalized spacial score (nSPS) is 12.8. The highest BCUT2D eigenvalue weighted by molar-refractivity contribution is 5.82. The molecule has 1 unspecified atom stereocenters. The van der Waals surface area contributed by atoms with Crippen LogP contribution >= 0.6 is 0 Å². The number of nitrogens with zero attached hydrogens (tertiary/aromatic N) is 4. The Labute approximate surface area is 264 Å². The summed E-state index contributed by atoms with van der Waals surface area (Å²) in [5.74, 6) is 1.73. The van der Waals surface area contributed by atoms with Crippen LogP contribution in [-0.2, 0) is 37.6 Å². The molecule has 46 heavy (non-hydrogen) atoms.